The van der Waals surface area contributed by atoms with E-state index in [0.29, 0.717) is 12.6 Å². The van der Waals surface area contributed by atoms with Crippen molar-refractivity contribution < 1.29 is 18.0 Å². The van der Waals surface area contributed by atoms with Gasteiger partial charge >= 0.3 is 6.18 Å². The van der Waals surface area contributed by atoms with E-state index in [1.165, 1.54) is 6.92 Å². The Labute approximate surface area is 118 Å². The molecule has 1 heterocycles. The molecule has 0 radical (unpaired) electrons. The van der Waals surface area contributed by atoms with Crippen LogP contribution in [0.2, 0.25) is 5.28 Å². The van der Waals surface area contributed by atoms with E-state index in [0.717, 1.165) is 6.42 Å². The fourth-order valence-corrected chi connectivity index (χ4v) is 1.51. The van der Waals surface area contributed by atoms with Gasteiger partial charge in [-0.1, -0.05) is 6.92 Å². The Balaban J connectivity index is 2.82. The number of hydrogen-bond acceptors (Lipinski definition) is 4. The molecule has 5 nitrogen and oxygen atoms in total. The smallest absolute Gasteiger partial charge is 0.358 e. The molecule has 0 aliphatic rings. The quantitative estimate of drug-likeness (QED) is 0.820. The fourth-order valence-electron chi connectivity index (χ4n) is 1.33. The molecule has 1 aromatic heterocycles. The van der Waals surface area contributed by atoms with E-state index in [1.54, 1.807) is 0 Å². The second-order valence-electron chi connectivity index (χ2n) is 4.06. The van der Waals surface area contributed by atoms with Crippen molar-refractivity contribution in [2.24, 2.45) is 0 Å². The number of nitrogens with one attached hydrogen (secondary N) is 2. The summed E-state index contributed by atoms with van der Waals surface area (Å²) in [5.41, 5.74) is -1.17. The van der Waals surface area contributed by atoms with Crippen molar-refractivity contribution in [3.63, 3.8) is 0 Å². The van der Waals surface area contributed by atoms with Gasteiger partial charge in [-0.15, -0.1) is 0 Å². The van der Waals surface area contributed by atoms with Crippen molar-refractivity contribution in [3.05, 3.63) is 17.0 Å². The van der Waals surface area contributed by atoms with Crippen LogP contribution in [0.1, 0.15) is 26.0 Å². The first-order valence-corrected chi connectivity index (χ1v) is 6.28. The second-order valence-corrected chi connectivity index (χ2v) is 4.40. The molecule has 0 saturated heterocycles. The van der Waals surface area contributed by atoms with Gasteiger partial charge < -0.3 is 10.6 Å². The molecule has 0 aliphatic heterocycles. The molecule has 0 aliphatic carbocycles. The van der Waals surface area contributed by atoms with Gasteiger partial charge in [0.15, 0.2) is 5.69 Å². The Morgan fingerprint density at radius 2 is 2.10 bits per heavy atom. The summed E-state index contributed by atoms with van der Waals surface area (Å²) in [6.07, 6.45) is -3.87. The first-order chi connectivity index (χ1) is 9.24. The summed E-state index contributed by atoms with van der Waals surface area (Å²) >= 11 is 5.44. The maximum Gasteiger partial charge on any atom is 0.433 e. The highest BCUT2D eigenvalue weighted by Crippen LogP contribution is 2.29. The number of aromatic nitrogens is 2. The minimum absolute atomic E-state index is 0.156. The van der Waals surface area contributed by atoms with E-state index < -0.39 is 23.2 Å². The van der Waals surface area contributed by atoms with Crippen molar-refractivity contribution in [1.29, 1.82) is 0 Å². The zero-order chi connectivity index (χ0) is 15.3. The van der Waals surface area contributed by atoms with E-state index in [2.05, 4.69) is 20.6 Å². The molecular weight excluding hydrogens is 297 g/mol. The highest BCUT2D eigenvalue weighted by Gasteiger charge is 2.33. The van der Waals surface area contributed by atoms with Crippen LogP contribution in [0.3, 0.4) is 0 Å². The van der Waals surface area contributed by atoms with Crippen LogP contribution in [0.4, 0.5) is 19.0 Å². The molecule has 20 heavy (non-hydrogen) atoms. The second kappa shape index (κ2) is 6.74. The van der Waals surface area contributed by atoms with Gasteiger partial charge in [-0.05, 0) is 24.9 Å². The monoisotopic (exact) mass is 310 g/mol. The number of halogens is 4. The molecule has 1 unspecified atom stereocenters. The number of nitrogens with zero attached hydrogens (tertiary/aromatic N) is 2. The molecule has 1 amide bonds. The Bertz CT molecular complexity index is 481. The lowest BCUT2D eigenvalue weighted by molar-refractivity contribution is -0.141. The summed E-state index contributed by atoms with van der Waals surface area (Å²) < 4.78 is 37.7. The molecule has 0 bridgehead atoms. The molecule has 0 saturated carbocycles. The van der Waals surface area contributed by atoms with E-state index in [-0.39, 0.29) is 11.7 Å². The Morgan fingerprint density at radius 1 is 1.45 bits per heavy atom. The van der Waals surface area contributed by atoms with Crippen molar-refractivity contribution in [3.8, 4) is 0 Å². The maximum atomic E-state index is 12.6. The number of carbonyl (C=O) groups excluding carboxylic acids is 1. The summed E-state index contributed by atoms with van der Waals surface area (Å²) in [6, 6.07) is -0.0382. The Kier molecular flexibility index (Phi) is 5.55. The van der Waals surface area contributed by atoms with Crippen LogP contribution >= 0.6 is 11.6 Å². The standard InChI is InChI=1S/C11H14ClF3N4O/c1-3-4-16-9(20)6(2)17-8-5-7(11(13,14)15)18-10(12)19-8/h5-6H,3-4H2,1-2H3,(H,16,20)(H,17,18,19). The third-order valence-electron chi connectivity index (χ3n) is 2.30. The van der Waals surface area contributed by atoms with Gasteiger partial charge in [-0.25, -0.2) is 9.97 Å². The Hall–Kier alpha value is -1.57. The van der Waals surface area contributed by atoms with Gasteiger partial charge in [0.05, 0.1) is 0 Å². The summed E-state index contributed by atoms with van der Waals surface area (Å²) in [5, 5.41) is 4.63. The first-order valence-electron chi connectivity index (χ1n) is 5.90. The molecular formula is C11H14ClF3N4O. The van der Waals surface area contributed by atoms with Crippen molar-refractivity contribution in [2.75, 3.05) is 11.9 Å². The highest BCUT2D eigenvalue weighted by atomic mass is 35.5. The van der Waals surface area contributed by atoms with Crippen LogP contribution < -0.4 is 10.6 Å². The highest BCUT2D eigenvalue weighted by molar-refractivity contribution is 6.28. The maximum absolute atomic E-state index is 12.6. The predicted octanol–water partition coefficient (Wildman–Crippen LogP) is 2.48. The minimum atomic E-state index is -4.63. The largest absolute Gasteiger partial charge is 0.433 e. The van der Waals surface area contributed by atoms with E-state index >= 15 is 0 Å². The molecule has 0 aromatic carbocycles. The SMILES string of the molecule is CCCNC(=O)C(C)Nc1cc(C(F)(F)F)nc(Cl)n1. The van der Waals surface area contributed by atoms with Crippen LogP contribution in [-0.2, 0) is 11.0 Å². The van der Waals surface area contributed by atoms with Crippen molar-refractivity contribution in [2.45, 2.75) is 32.5 Å². The average molecular weight is 311 g/mol. The lowest BCUT2D eigenvalue weighted by Gasteiger charge is -2.15. The Morgan fingerprint density at radius 3 is 2.65 bits per heavy atom. The molecule has 0 spiro atoms. The van der Waals surface area contributed by atoms with E-state index in [1.807, 2.05) is 6.92 Å². The predicted molar refractivity (Wildman–Crippen MR) is 68.4 cm³/mol. The molecule has 1 rings (SSSR count). The molecule has 1 atom stereocenters. The van der Waals surface area contributed by atoms with Crippen molar-refractivity contribution in [1.82, 2.24) is 15.3 Å². The van der Waals surface area contributed by atoms with E-state index in [4.69, 9.17) is 11.6 Å². The number of hydrogen-bond donors (Lipinski definition) is 2. The average Bonchev–Trinajstić information content (AvgIpc) is 2.34. The third-order valence-corrected chi connectivity index (χ3v) is 2.47. The molecule has 112 valence electrons. The number of alkyl halides is 3. The van der Waals surface area contributed by atoms with Crippen LogP contribution in [0.15, 0.2) is 6.07 Å². The van der Waals surface area contributed by atoms with Crippen LogP contribution in [0, 0.1) is 0 Å². The normalized spacial score (nSPS) is 12.9. The number of anilines is 1. The summed E-state index contributed by atoms with van der Waals surface area (Å²) in [7, 11) is 0. The van der Waals surface area contributed by atoms with Gasteiger partial charge in [0.25, 0.3) is 0 Å². The zero-order valence-electron chi connectivity index (χ0n) is 10.9. The molecule has 1 aromatic rings. The fraction of sp³-hybridized carbons (Fsp3) is 0.545. The number of rotatable bonds is 5. The van der Waals surface area contributed by atoms with E-state index in [9.17, 15) is 18.0 Å². The lowest BCUT2D eigenvalue weighted by Crippen LogP contribution is -2.38. The van der Waals surface area contributed by atoms with Crippen LogP contribution in [0.5, 0.6) is 0 Å². The summed E-state index contributed by atoms with van der Waals surface area (Å²) in [6.45, 7) is 3.88. The minimum Gasteiger partial charge on any atom is -0.358 e. The van der Waals surface area contributed by atoms with Crippen LogP contribution in [-0.4, -0.2) is 28.5 Å². The molecule has 2 N–H and O–H groups in total. The topological polar surface area (TPSA) is 66.9 Å². The molecule has 0 fully saturated rings. The first kappa shape index (κ1) is 16.5. The summed E-state index contributed by atoms with van der Waals surface area (Å²) in [4.78, 5) is 18.3. The van der Waals surface area contributed by atoms with Gasteiger partial charge in [-0.2, -0.15) is 13.2 Å². The lowest BCUT2D eigenvalue weighted by atomic mass is 10.3. The zero-order valence-corrected chi connectivity index (χ0v) is 11.6. The molecule has 9 heteroatoms. The van der Waals surface area contributed by atoms with Gasteiger partial charge in [0, 0.05) is 12.6 Å². The summed E-state index contributed by atoms with van der Waals surface area (Å²) in [5.74, 6) is -0.494. The van der Waals surface area contributed by atoms with Crippen LogP contribution in [0.25, 0.3) is 0 Å². The van der Waals surface area contributed by atoms with Crippen molar-refractivity contribution >= 4 is 23.3 Å². The van der Waals surface area contributed by atoms with Gasteiger partial charge in [-0.3, -0.25) is 4.79 Å². The third kappa shape index (κ3) is 4.84. The number of amides is 1. The van der Waals surface area contributed by atoms with Gasteiger partial charge in [0.2, 0.25) is 11.2 Å². The van der Waals surface area contributed by atoms with Gasteiger partial charge in [0.1, 0.15) is 11.9 Å². The number of carbonyl (C=O) groups is 1.